The highest BCUT2D eigenvalue weighted by atomic mass is 79.9. The lowest BCUT2D eigenvalue weighted by molar-refractivity contribution is 0.433. The molecule has 0 aliphatic heterocycles. The molecule has 0 fully saturated rings. The summed E-state index contributed by atoms with van der Waals surface area (Å²) in [6.07, 6.45) is 0. The van der Waals surface area contributed by atoms with Gasteiger partial charge in [0.15, 0.2) is 11.6 Å². The zero-order chi connectivity index (χ0) is 11.0. The van der Waals surface area contributed by atoms with Crippen molar-refractivity contribution in [1.29, 1.82) is 0 Å². The zero-order valence-corrected chi connectivity index (χ0v) is 9.51. The number of hydrogen-bond donors (Lipinski definition) is 1. The molecule has 78 valence electrons. The maximum atomic E-state index is 13.8. The van der Waals surface area contributed by atoms with Gasteiger partial charge in [-0.25, -0.2) is 4.39 Å². The second-order valence-corrected chi connectivity index (χ2v) is 4.02. The number of halogens is 2. The third kappa shape index (κ3) is 1.74. The quantitative estimate of drug-likeness (QED) is 0.866. The second-order valence-electron chi connectivity index (χ2n) is 3.17. The maximum absolute atomic E-state index is 13.8. The van der Waals surface area contributed by atoms with Crippen LogP contribution in [0.4, 0.5) is 10.2 Å². The number of aromatic nitrogens is 1. The number of benzene rings is 1. The summed E-state index contributed by atoms with van der Waals surface area (Å²) >= 11 is 3.26. The van der Waals surface area contributed by atoms with Crippen LogP contribution in [0.3, 0.4) is 0 Å². The standard InChI is InChI=1S/C10H8BrFN2O/c1-5-2-3-6(11)9(10(5)12)7-4-8(13)14-15-7/h2-4H,1H3,(H2,13,14). The fourth-order valence-corrected chi connectivity index (χ4v) is 1.79. The normalized spacial score (nSPS) is 10.6. The van der Waals surface area contributed by atoms with Crippen LogP contribution in [0, 0.1) is 12.7 Å². The van der Waals surface area contributed by atoms with Gasteiger partial charge in [-0.3, -0.25) is 0 Å². The maximum Gasteiger partial charge on any atom is 0.173 e. The minimum absolute atomic E-state index is 0.234. The second kappa shape index (κ2) is 3.66. The van der Waals surface area contributed by atoms with Gasteiger partial charge >= 0.3 is 0 Å². The molecule has 2 aromatic rings. The van der Waals surface area contributed by atoms with E-state index in [4.69, 9.17) is 10.3 Å². The molecule has 1 aromatic heterocycles. The molecule has 1 aromatic carbocycles. The Morgan fingerprint density at radius 1 is 1.47 bits per heavy atom. The van der Waals surface area contributed by atoms with E-state index in [1.807, 2.05) is 0 Å². The van der Waals surface area contributed by atoms with Gasteiger partial charge in [0.1, 0.15) is 5.82 Å². The van der Waals surface area contributed by atoms with E-state index < -0.39 is 0 Å². The first-order valence-corrected chi connectivity index (χ1v) is 5.06. The Morgan fingerprint density at radius 2 is 2.20 bits per heavy atom. The van der Waals surface area contributed by atoms with Crippen molar-refractivity contribution in [3.63, 3.8) is 0 Å². The molecule has 0 atom stereocenters. The number of nitrogens with zero attached hydrogens (tertiary/aromatic N) is 1. The number of nitrogen functional groups attached to an aromatic ring is 1. The molecule has 0 spiro atoms. The van der Waals surface area contributed by atoms with E-state index >= 15 is 0 Å². The minimum Gasteiger partial charge on any atom is -0.381 e. The van der Waals surface area contributed by atoms with Gasteiger partial charge in [0.2, 0.25) is 0 Å². The van der Waals surface area contributed by atoms with Gasteiger partial charge < -0.3 is 10.3 Å². The zero-order valence-electron chi connectivity index (χ0n) is 7.92. The van der Waals surface area contributed by atoms with Crippen LogP contribution in [0.1, 0.15) is 5.56 Å². The molecule has 0 aliphatic rings. The summed E-state index contributed by atoms with van der Waals surface area (Å²) in [4.78, 5) is 0. The predicted molar refractivity (Wildman–Crippen MR) is 58.7 cm³/mol. The number of rotatable bonds is 1. The molecule has 0 saturated carbocycles. The number of hydrogen-bond acceptors (Lipinski definition) is 3. The van der Waals surface area contributed by atoms with Gasteiger partial charge in [-0.05, 0) is 34.5 Å². The van der Waals surface area contributed by atoms with E-state index in [1.54, 1.807) is 19.1 Å². The van der Waals surface area contributed by atoms with Crippen LogP contribution in [0.15, 0.2) is 27.2 Å². The Balaban J connectivity index is 2.66. The molecule has 0 radical (unpaired) electrons. The van der Waals surface area contributed by atoms with E-state index in [2.05, 4.69) is 21.1 Å². The van der Waals surface area contributed by atoms with E-state index in [0.717, 1.165) is 0 Å². The van der Waals surface area contributed by atoms with Crippen LogP contribution < -0.4 is 5.73 Å². The average Bonchev–Trinajstić information content (AvgIpc) is 2.59. The van der Waals surface area contributed by atoms with Gasteiger partial charge in [-0.15, -0.1) is 0 Å². The Kier molecular flexibility index (Phi) is 2.48. The molecule has 5 heteroatoms. The van der Waals surface area contributed by atoms with E-state index in [1.165, 1.54) is 6.07 Å². The summed E-state index contributed by atoms with van der Waals surface area (Å²) in [5, 5.41) is 3.52. The summed E-state index contributed by atoms with van der Waals surface area (Å²) in [7, 11) is 0. The molecule has 3 nitrogen and oxygen atoms in total. The van der Waals surface area contributed by atoms with Crippen LogP contribution in [-0.2, 0) is 0 Å². The van der Waals surface area contributed by atoms with E-state index in [9.17, 15) is 4.39 Å². The molecule has 0 aliphatic carbocycles. The van der Waals surface area contributed by atoms with Crippen molar-refractivity contribution in [2.75, 3.05) is 5.73 Å². The van der Waals surface area contributed by atoms with Crippen molar-refractivity contribution in [3.8, 4) is 11.3 Å². The third-order valence-electron chi connectivity index (χ3n) is 2.06. The number of nitrogens with two attached hydrogens (primary N) is 1. The first kappa shape index (κ1) is 10.2. The van der Waals surface area contributed by atoms with E-state index in [0.29, 0.717) is 21.4 Å². The van der Waals surface area contributed by atoms with Gasteiger partial charge in [-0.2, -0.15) is 0 Å². The molecule has 0 amide bonds. The van der Waals surface area contributed by atoms with Crippen LogP contribution in [0.25, 0.3) is 11.3 Å². The summed E-state index contributed by atoms with van der Waals surface area (Å²) in [6, 6.07) is 4.93. The summed E-state index contributed by atoms with van der Waals surface area (Å²) in [5.74, 6) is 0.221. The van der Waals surface area contributed by atoms with Gasteiger partial charge in [0, 0.05) is 10.5 Å². The van der Waals surface area contributed by atoms with Crippen LogP contribution in [0.5, 0.6) is 0 Å². The fourth-order valence-electron chi connectivity index (χ4n) is 1.29. The largest absolute Gasteiger partial charge is 0.381 e. The third-order valence-corrected chi connectivity index (χ3v) is 2.72. The van der Waals surface area contributed by atoms with E-state index in [-0.39, 0.29) is 11.6 Å². The van der Waals surface area contributed by atoms with Crippen LogP contribution >= 0.6 is 15.9 Å². The van der Waals surface area contributed by atoms with Crippen molar-refractivity contribution >= 4 is 21.7 Å². The van der Waals surface area contributed by atoms with Crippen molar-refractivity contribution in [2.24, 2.45) is 0 Å². The smallest absolute Gasteiger partial charge is 0.173 e. The monoisotopic (exact) mass is 270 g/mol. The lowest BCUT2D eigenvalue weighted by Crippen LogP contribution is -1.88. The van der Waals surface area contributed by atoms with Crippen LogP contribution in [0.2, 0.25) is 0 Å². The van der Waals surface area contributed by atoms with Crippen molar-refractivity contribution in [2.45, 2.75) is 6.92 Å². The Bertz CT molecular complexity index is 510. The average molecular weight is 271 g/mol. The summed E-state index contributed by atoms with van der Waals surface area (Å²) in [5.41, 5.74) is 6.30. The van der Waals surface area contributed by atoms with Crippen molar-refractivity contribution in [1.82, 2.24) is 5.16 Å². The molecular formula is C10H8BrFN2O. The first-order valence-electron chi connectivity index (χ1n) is 4.26. The molecule has 2 N–H and O–H groups in total. The molecular weight excluding hydrogens is 263 g/mol. The highest BCUT2D eigenvalue weighted by Crippen LogP contribution is 2.33. The predicted octanol–water partition coefficient (Wildman–Crippen LogP) is 3.13. The number of aryl methyl sites for hydroxylation is 1. The molecule has 1 heterocycles. The highest BCUT2D eigenvalue weighted by molar-refractivity contribution is 9.10. The lowest BCUT2D eigenvalue weighted by atomic mass is 10.1. The Hall–Kier alpha value is -1.36. The molecule has 0 bridgehead atoms. The number of anilines is 1. The van der Waals surface area contributed by atoms with Gasteiger partial charge in [-0.1, -0.05) is 11.2 Å². The summed E-state index contributed by atoms with van der Waals surface area (Å²) < 4.78 is 19.3. The SMILES string of the molecule is Cc1ccc(Br)c(-c2cc(N)no2)c1F. The van der Waals surface area contributed by atoms with Crippen molar-refractivity contribution in [3.05, 3.63) is 34.1 Å². The molecule has 2 rings (SSSR count). The Labute approximate surface area is 94.2 Å². The Morgan fingerprint density at radius 3 is 2.80 bits per heavy atom. The van der Waals surface area contributed by atoms with Gasteiger partial charge in [0.05, 0.1) is 5.56 Å². The van der Waals surface area contributed by atoms with Crippen molar-refractivity contribution < 1.29 is 8.91 Å². The topological polar surface area (TPSA) is 52.0 Å². The molecule has 0 saturated heterocycles. The molecule has 15 heavy (non-hydrogen) atoms. The minimum atomic E-state index is -0.333. The highest BCUT2D eigenvalue weighted by Gasteiger charge is 2.15. The van der Waals surface area contributed by atoms with Crippen LogP contribution in [-0.4, -0.2) is 5.16 Å². The first-order chi connectivity index (χ1) is 7.09. The summed E-state index contributed by atoms with van der Waals surface area (Å²) in [6.45, 7) is 1.69. The molecule has 0 unspecified atom stereocenters. The van der Waals surface area contributed by atoms with Gasteiger partial charge in [0.25, 0.3) is 0 Å². The lowest BCUT2D eigenvalue weighted by Gasteiger charge is -2.04. The fraction of sp³-hybridized carbons (Fsp3) is 0.100.